The average Bonchev–Trinajstić information content (AvgIpc) is 2.29. The van der Waals surface area contributed by atoms with Gasteiger partial charge in [0.2, 0.25) is 5.91 Å². The van der Waals surface area contributed by atoms with Crippen molar-refractivity contribution in [2.75, 3.05) is 13.1 Å². The zero-order chi connectivity index (χ0) is 12.8. The van der Waals surface area contributed by atoms with Crippen molar-refractivity contribution >= 4 is 11.9 Å². The van der Waals surface area contributed by atoms with Crippen molar-refractivity contribution in [2.45, 2.75) is 39.2 Å². The molecule has 1 fully saturated rings. The summed E-state index contributed by atoms with van der Waals surface area (Å²) in [6, 6.07) is -0.121. The van der Waals surface area contributed by atoms with Crippen LogP contribution >= 0.6 is 0 Å². The number of amides is 1. The van der Waals surface area contributed by atoms with Gasteiger partial charge in [-0.15, -0.1) is 0 Å². The summed E-state index contributed by atoms with van der Waals surface area (Å²) in [6.07, 6.45) is 2.65. The second-order valence-corrected chi connectivity index (χ2v) is 4.87. The van der Waals surface area contributed by atoms with E-state index >= 15 is 0 Å². The lowest BCUT2D eigenvalue weighted by molar-refractivity contribution is -0.141. The van der Waals surface area contributed by atoms with Gasteiger partial charge in [-0.25, -0.2) is 0 Å². The number of carbonyl (C=O) groups excluding carboxylic acids is 1. The van der Waals surface area contributed by atoms with Crippen LogP contribution in [0.2, 0.25) is 0 Å². The van der Waals surface area contributed by atoms with E-state index in [-0.39, 0.29) is 11.9 Å². The minimum Gasteiger partial charge on any atom is -0.481 e. The minimum atomic E-state index is -0.816. The second kappa shape index (κ2) is 6.59. The first-order chi connectivity index (χ1) is 8.02. The Morgan fingerprint density at radius 2 is 2.24 bits per heavy atom. The lowest BCUT2D eigenvalue weighted by atomic mass is 9.92. The van der Waals surface area contributed by atoms with Crippen molar-refractivity contribution in [3.8, 4) is 0 Å². The number of carboxylic acid groups (broad SMARTS) is 1. The zero-order valence-electron chi connectivity index (χ0n) is 10.5. The first-order valence-electron chi connectivity index (χ1n) is 6.26. The van der Waals surface area contributed by atoms with Crippen molar-refractivity contribution in [1.82, 2.24) is 10.6 Å². The van der Waals surface area contributed by atoms with E-state index in [1.54, 1.807) is 6.92 Å². The molecule has 1 aliphatic rings. The molecule has 0 aliphatic carbocycles. The van der Waals surface area contributed by atoms with E-state index in [1.807, 2.05) is 0 Å². The summed E-state index contributed by atoms with van der Waals surface area (Å²) in [5.41, 5.74) is 0. The fourth-order valence-corrected chi connectivity index (χ4v) is 2.05. The predicted molar refractivity (Wildman–Crippen MR) is 64.6 cm³/mol. The molecule has 0 radical (unpaired) electrons. The van der Waals surface area contributed by atoms with Gasteiger partial charge in [-0.05, 0) is 31.7 Å². The number of nitrogens with one attached hydrogen (secondary N) is 2. The van der Waals surface area contributed by atoms with Crippen molar-refractivity contribution in [3.63, 3.8) is 0 Å². The van der Waals surface area contributed by atoms with Crippen molar-refractivity contribution in [2.24, 2.45) is 11.8 Å². The normalized spacial score (nSPS) is 26.2. The number of hydrogen-bond acceptors (Lipinski definition) is 3. The molecule has 1 saturated heterocycles. The van der Waals surface area contributed by atoms with E-state index in [2.05, 4.69) is 17.6 Å². The van der Waals surface area contributed by atoms with Crippen LogP contribution in [0.3, 0.4) is 0 Å². The molecule has 0 aromatic rings. The Morgan fingerprint density at radius 3 is 2.82 bits per heavy atom. The van der Waals surface area contributed by atoms with Gasteiger partial charge in [0.15, 0.2) is 0 Å². The van der Waals surface area contributed by atoms with Crippen molar-refractivity contribution < 1.29 is 14.7 Å². The van der Waals surface area contributed by atoms with Crippen LogP contribution in [0.1, 0.15) is 33.1 Å². The van der Waals surface area contributed by atoms with Crippen LogP contribution in [-0.2, 0) is 9.59 Å². The van der Waals surface area contributed by atoms with Crippen molar-refractivity contribution in [3.05, 3.63) is 0 Å². The fourth-order valence-electron chi connectivity index (χ4n) is 2.05. The Hall–Kier alpha value is -1.10. The van der Waals surface area contributed by atoms with Crippen LogP contribution < -0.4 is 10.6 Å². The third kappa shape index (κ3) is 4.34. The summed E-state index contributed by atoms with van der Waals surface area (Å²) < 4.78 is 0. The molecule has 0 aromatic heterocycles. The first-order valence-corrected chi connectivity index (χ1v) is 6.26. The monoisotopic (exact) mass is 242 g/mol. The molecule has 0 spiro atoms. The van der Waals surface area contributed by atoms with Gasteiger partial charge in [0.25, 0.3) is 0 Å². The molecule has 0 bridgehead atoms. The Morgan fingerprint density at radius 1 is 1.53 bits per heavy atom. The molecule has 0 saturated carbocycles. The highest BCUT2D eigenvalue weighted by atomic mass is 16.4. The lowest BCUT2D eigenvalue weighted by Crippen LogP contribution is -2.51. The molecule has 0 aromatic carbocycles. The Labute approximate surface area is 102 Å². The van der Waals surface area contributed by atoms with E-state index < -0.39 is 11.9 Å². The number of piperidine rings is 1. The van der Waals surface area contributed by atoms with Gasteiger partial charge in [0, 0.05) is 6.54 Å². The minimum absolute atomic E-state index is 0.00483. The third-order valence-electron chi connectivity index (χ3n) is 3.35. The van der Waals surface area contributed by atoms with Crippen LogP contribution in [0.25, 0.3) is 0 Å². The molecule has 3 N–H and O–H groups in total. The van der Waals surface area contributed by atoms with Gasteiger partial charge in [-0.2, -0.15) is 0 Å². The highest BCUT2D eigenvalue weighted by Gasteiger charge is 2.27. The van der Waals surface area contributed by atoms with E-state index in [1.165, 1.54) is 0 Å². The molecule has 5 nitrogen and oxygen atoms in total. The highest BCUT2D eigenvalue weighted by molar-refractivity contribution is 5.82. The maximum atomic E-state index is 11.8. The molecule has 3 atom stereocenters. The number of carboxylic acids is 1. The number of hydrogen-bond donors (Lipinski definition) is 3. The van der Waals surface area contributed by atoms with E-state index in [0.717, 1.165) is 19.4 Å². The SMILES string of the molecule is CC(CCNC(=O)C1NCCCC1C)C(=O)O. The quantitative estimate of drug-likeness (QED) is 0.659. The van der Waals surface area contributed by atoms with E-state index in [0.29, 0.717) is 18.9 Å². The average molecular weight is 242 g/mol. The topological polar surface area (TPSA) is 78.4 Å². The molecule has 1 amide bonds. The first kappa shape index (κ1) is 14.0. The number of carbonyl (C=O) groups is 2. The van der Waals surface area contributed by atoms with Crippen LogP contribution in [0, 0.1) is 11.8 Å². The Bertz CT molecular complexity index is 281. The fraction of sp³-hybridized carbons (Fsp3) is 0.833. The summed E-state index contributed by atoms with van der Waals surface area (Å²) in [5, 5.41) is 14.7. The van der Waals surface area contributed by atoms with Gasteiger partial charge in [-0.1, -0.05) is 13.8 Å². The highest BCUT2D eigenvalue weighted by Crippen LogP contribution is 2.15. The zero-order valence-corrected chi connectivity index (χ0v) is 10.5. The van der Waals surface area contributed by atoms with Crippen molar-refractivity contribution in [1.29, 1.82) is 0 Å². The summed E-state index contributed by atoms with van der Waals surface area (Å²) in [5.74, 6) is -0.883. The summed E-state index contributed by atoms with van der Waals surface area (Å²) in [6.45, 7) is 5.03. The largest absolute Gasteiger partial charge is 0.481 e. The van der Waals surface area contributed by atoms with Gasteiger partial charge in [-0.3, -0.25) is 9.59 Å². The molecule has 1 heterocycles. The summed E-state index contributed by atoms with van der Waals surface area (Å²) >= 11 is 0. The van der Waals surface area contributed by atoms with Gasteiger partial charge in [0.1, 0.15) is 0 Å². The smallest absolute Gasteiger partial charge is 0.306 e. The third-order valence-corrected chi connectivity index (χ3v) is 3.35. The van der Waals surface area contributed by atoms with Crippen LogP contribution in [-0.4, -0.2) is 36.1 Å². The standard InChI is InChI=1S/C12H22N2O3/c1-8-4-3-6-13-10(8)11(15)14-7-5-9(2)12(16)17/h8-10,13H,3-7H2,1-2H3,(H,14,15)(H,16,17). The molecule has 3 unspecified atom stereocenters. The molecule has 17 heavy (non-hydrogen) atoms. The van der Waals surface area contributed by atoms with Crippen LogP contribution in [0.4, 0.5) is 0 Å². The molecule has 1 rings (SSSR count). The maximum Gasteiger partial charge on any atom is 0.306 e. The van der Waals surface area contributed by atoms with Crippen LogP contribution in [0.15, 0.2) is 0 Å². The Balaban J connectivity index is 2.26. The van der Waals surface area contributed by atoms with Crippen LogP contribution in [0.5, 0.6) is 0 Å². The molecule has 5 heteroatoms. The van der Waals surface area contributed by atoms with E-state index in [4.69, 9.17) is 5.11 Å². The summed E-state index contributed by atoms with van der Waals surface area (Å²) in [7, 11) is 0. The van der Waals surface area contributed by atoms with Gasteiger partial charge in [0.05, 0.1) is 12.0 Å². The lowest BCUT2D eigenvalue weighted by Gasteiger charge is -2.29. The van der Waals surface area contributed by atoms with E-state index in [9.17, 15) is 9.59 Å². The molecular weight excluding hydrogens is 220 g/mol. The number of aliphatic carboxylic acids is 1. The summed E-state index contributed by atoms with van der Waals surface area (Å²) in [4.78, 5) is 22.4. The molecular formula is C12H22N2O3. The second-order valence-electron chi connectivity index (χ2n) is 4.87. The predicted octanol–water partition coefficient (Wildman–Crippen LogP) is 0.601. The van der Waals surface area contributed by atoms with Gasteiger partial charge < -0.3 is 15.7 Å². The van der Waals surface area contributed by atoms with Gasteiger partial charge >= 0.3 is 5.97 Å². The molecule has 98 valence electrons. The Kier molecular flexibility index (Phi) is 5.41. The number of rotatable bonds is 5. The molecule has 1 aliphatic heterocycles. The maximum absolute atomic E-state index is 11.8.